The summed E-state index contributed by atoms with van der Waals surface area (Å²) >= 11 is 0. The van der Waals surface area contributed by atoms with Crippen LogP contribution < -0.4 is 99.9 Å². The van der Waals surface area contributed by atoms with E-state index in [-0.39, 0.29) is 75.9 Å². The van der Waals surface area contributed by atoms with Gasteiger partial charge in [0.05, 0.1) is 30.2 Å². The van der Waals surface area contributed by atoms with E-state index in [4.69, 9.17) is 57.3 Å². The van der Waals surface area contributed by atoms with Crippen molar-refractivity contribution in [1.82, 2.24) is 42.5 Å². The van der Waals surface area contributed by atoms with Crippen LogP contribution in [0.1, 0.15) is 173 Å². The molecule has 9 atom stereocenters. The number of carboxylic acid groups (broad SMARTS) is 1. The summed E-state index contributed by atoms with van der Waals surface area (Å²) in [5.74, 6) is -5.42. The Morgan fingerprint density at radius 2 is 0.463 bits per heavy atom. The fourth-order valence-corrected chi connectivity index (χ4v) is 8.62. The minimum Gasteiger partial charge on any atom is -0.480 e. The Hall–Kier alpha value is -5.17. The van der Waals surface area contributed by atoms with Gasteiger partial charge in [0, 0.05) is 26.2 Å². The molecule has 28 heteroatoms. The van der Waals surface area contributed by atoms with E-state index in [1.54, 1.807) is 0 Å². The Morgan fingerprint density at radius 3 is 0.732 bits per heavy atom. The lowest BCUT2D eigenvalue weighted by Gasteiger charge is -2.25. The SMILES string of the molecule is NCCCC[C@H](N)C(=O)NCCCC[C@H](NC(=O)[C@H](CCCCNC(=O)[C@@H](N)CCCCN)NC(=O)[C@@H](N)CCCCN)C(=O)N[C@@H](CCCCNC(=O)[C@H](CCCCNC(=O)[C@@H](N)CCCCN)NC(=O)[C@@H](N)CCCCN)C(=O)O. The highest BCUT2D eigenvalue weighted by Gasteiger charge is 2.31. The summed E-state index contributed by atoms with van der Waals surface area (Å²) in [4.78, 5) is 118. The maximum atomic E-state index is 14.2. The molecule has 0 aliphatic rings. The molecule has 0 aliphatic heterocycles. The molecule has 0 spiro atoms. The van der Waals surface area contributed by atoms with Crippen molar-refractivity contribution < 1.29 is 48.3 Å². The van der Waals surface area contributed by atoms with E-state index < -0.39 is 89.9 Å². The molecule has 82 heavy (non-hydrogen) atoms. The number of carbonyl (C=O) groups is 9. The fraction of sp³-hybridized carbons (Fsp3) is 0.833. The van der Waals surface area contributed by atoms with Crippen LogP contribution in [0.3, 0.4) is 0 Å². The predicted octanol–water partition coefficient (Wildman–Crippen LogP) is -3.56. The summed E-state index contributed by atoms with van der Waals surface area (Å²) in [6.45, 7) is 3.19. The number of amides is 8. The molecule has 29 N–H and O–H groups in total. The average Bonchev–Trinajstić information content (AvgIpc) is 3.46. The van der Waals surface area contributed by atoms with Gasteiger partial charge in [0.2, 0.25) is 47.3 Å². The van der Waals surface area contributed by atoms with E-state index in [1.807, 2.05) is 0 Å². The molecule has 0 unspecified atom stereocenters. The van der Waals surface area contributed by atoms with Crippen LogP contribution in [0.15, 0.2) is 0 Å². The number of aliphatic carboxylic acids is 1. The van der Waals surface area contributed by atoms with Gasteiger partial charge in [0.25, 0.3) is 0 Å². The van der Waals surface area contributed by atoms with E-state index in [1.165, 1.54) is 0 Å². The number of hydrogen-bond acceptors (Lipinski definition) is 19. The zero-order valence-corrected chi connectivity index (χ0v) is 49.0. The Kier molecular flexibility index (Phi) is 46.2. The lowest BCUT2D eigenvalue weighted by molar-refractivity contribution is -0.142. The molecule has 0 saturated heterocycles. The first-order valence-corrected chi connectivity index (χ1v) is 30.1. The molecular formula is C54H110N18O10. The van der Waals surface area contributed by atoms with Gasteiger partial charge >= 0.3 is 5.97 Å². The van der Waals surface area contributed by atoms with Crippen LogP contribution >= 0.6 is 0 Å². The van der Waals surface area contributed by atoms with Gasteiger partial charge in [0.15, 0.2) is 0 Å². The summed E-state index contributed by atoms with van der Waals surface area (Å²) in [5, 5.41) is 32.2. The van der Waals surface area contributed by atoms with Crippen molar-refractivity contribution in [3.63, 3.8) is 0 Å². The Bertz CT molecular complexity index is 1810. The lowest BCUT2D eigenvalue weighted by Crippen LogP contribution is -2.57. The standard InChI is InChI=1S/C54H110N18O10/c55-28-10-1-19-37(60)46(73)65-33-15-6-24-42(69-49(76)40(63)22-4-13-31-58)51(78)68-36-18-9-27-45(54(81)82)72-53(80)44(26-8-17-35-67-48(75)39(62)21-3-12-30-57)71-52(79)43(70-50(77)41(64)23-5-14-32-59)25-7-16-34-66-47(74)38(61)20-2-11-29-56/h37-45H,1-36,55-64H2,(H,65,73)(H,66,74)(H,67,75)(H,68,78)(H,69,76)(H,70,77)(H,71,79)(H,72,80)(H,81,82)/t37-,38-,39-,40-,41-,42-,43-,44-,45-/m0/s1. The van der Waals surface area contributed by atoms with Crippen LogP contribution in [0.5, 0.6) is 0 Å². The molecule has 8 amide bonds. The van der Waals surface area contributed by atoms with Crippen molar-refractivity contribution in [2.75, 3.05) is 58.9 Å². The van der Waals surface area contributed by atoms with Gasteiger partial charge in [-0.1, -0.05) is 32.1 Å². The fourth-order valence-electron chi connectivity index (χ4n) is 8.62. The number of nitrogens with one attached hydrogen (secondary N) is 8. The van der Waals surface area contributed by atoms with Crippen molar-refractivity contribution in [1.29, 1.82) is 0 Å². The lowest BCUT2D eigenvalue weighted by atomic mass is 10.0. The first-order chi connectivity index (χ1) is 39.3. The van der Waals surface area contributed by atoms with Crippen molar-refractivity contribution in [2.45, 2.75) is 228 Å². The highest BCUT2D eigenvalue weighted by Crippen LogP contribution is 2.11. The van der Waals surface area contributed by atoms with E-state index in [9.17, 15) is 48.3 Å². The van der Waals surface area contributed by atoms with Crippen LogP contribution in [-0.2, 0) is 43.2 Å². The number of rotatable bonds is 53. The second-order valence-corrected chi connectivity index (χ2v) is 21.2. The van der Waals surface area contributed by atoms with Crippen LogP contribution in [-0.4, -0.2) is 172 Å². The van der Waals surface area contributed by atoms with Crippen LogP contribution in [0.25, 0.3) is 0 Å². The van der Waals surface area contributed by atoms with E-state index in [0.717, 1.165) is 25.7 Å². The Balaban J connectivity index is 6.13. The van der Waals surface area contributed by atoms with E-state index in [0.29, 0.717) is 148 Å². The smallest absolute Gasteiger partial charge is 0.326 e. The van der Waals surface area contributed by atoms with Gasteiger partial charge in [-0.15, -0.1) is 0 Å². The van der Waals surface area contributed by atoms with Crippen molar-refractivity contribution in [2.24, 2.45) is 57.3 Å². The number of nitrogens with two attached hydrogens (primary N) is 10. The van der Waals surface area contributed by atoms with Gasteiger partial charge in [-0.05, 0) is 174 Å². The second kappa shape index (κ2) is 49.3. The molecule has 0 aromatic heterocycles. The van der Waals surface area contributed by atoms with Crippen molar-refractivity contribution in [3.05, 3.63) is 0 Å². The summed E-state index contributed by atoms with van der Waals surface area (Å²) in [7, 11) is 0. The Labute approximate surface area is 486 Å². The molecule has 0 heterocycles. The van der Waals surface area contributed by atoms with E-state index >= 15 is 0 Å². The zero-order chi connectivity index (χ0) is 61.5. The topological polar surface area (TPSA) is 530 Å². The highest BCUT2D eigenvalue weighted by atomic mass is 16.4. The average molecular weight is 1170 g/mol. The first kappa shape index (κ1) is 76.8. The van der Waals surface area contributed by atoms with Gasteiger partial charge in [0.1, 0.15) is 24.2 Å². The largest absolute Gasteiger partial charge is 0.480 e. The molecule has 0 radical (unpaired) electrons. The minimum absolute atomic E-state index is 0.0138. The summed E-state index contributed by atoms with van der Waals surface area (Å²) in [5.41, 5.74) is 58.3. The van der Waals surface area contributed by atoms with Gasteiger partial charge in [-0.3, -0.25) is 38.4 Å². The third-order valence-electron chi connectivity index (χ3n) is 13.9. The molecule has 0 saturated carbocycles. The van der Waals surface area contributed by atoms with Crippen molar-refractivity contribution in [3.8, 4) is 0 Å². The summed E-state index contributed by atoms with van der Waals surface area (Å²) < 4.78 is 0. The molecule has 28 nitrogen and oxygen atoms in total. The van der Waals surface area contributed by atoms with Crippen molar-refractivity contribution >= 4 is 53.2 Å². The molecule has 0 aromatic rings. The normalized spacial score (nSPS) is 14.6. The monoisotopic (exact) mass is 1170 g/mol. The van der Waals surface area contributed by atoms with Gasteiger partial charge in [-0.2, -0.15) is 0 Å². The molecule has 0 fully saturated rings. The summed E-state index contributed by atoms with van der Waals surface area (Å²) in [6.07, 6.45) is 12.1. The third kappa shape index (κ3) is 37.8. The summed E-state index contributed by atoms with van der Waals surface area (Å²) in [6, 6.07) is -8.77. The molecule has 0 rings (SSSR count). The third-order valence-corrected chi connectivity index (χ3v) is 13.9. The van der Waals surface area contributed by atoms with Gasteiger partial charge < -0.3 is 105 Å². The minimum atomic E-state index is -1.41. The number of carbonyl (C=O) groups excluding carboxylic acids is 8. The Morgan fingerprint density at radius 1 is 0.256 bits per heavy atom. The number of carboxylic acids is 1. The second-order valence-electron chi connectivity index (χ2n) is 21.2. The van der Waals surface area contributed by atoms with E-state index in [2.05, 4.69) is 42.5 Å². The van der Waals surface area contributed by atoms with Crippen LogP contribution in [0.4, 0.5) is 0 Å². The molecule has 0 aliphatic carbocycles. The molecule has 476 valence electrons. The zero-order valence-electron chi connectivity index (χ0n) is 49.0. The molecule has 0 bridgehead atoms. The maximum Gasteiger partial charge on any atom is 0.326 e. The predicted molar refractivity (Wildman–Crippen MR) is 317 cm³/mol. The molecular weight excluding hydrogens is 1060 g/mol. The maximum absolute atomic E-state index is 14.2. The van der Waals surface area contributed by atoms with Crippen LogP contribution in [0.2, 0.25) is 0 Å². The number of unbranched alkanes of at least 4 members (excludes halogenated alkanes) is 9. The molecule has 0 aromatic carbocycles. The van der Waals surface area contributed by atoms with Crippen LogP contribution in [0, 0.1) is 0 Å². The quantitative estimate of drug-likeness (QED) is 0.0262. The highest BCUT2D eigenvalue weighted by molar-refractivity contribution is 5.94. The van der Waals surface area contributed by atoms with Gasteiger partial charge in [-0.25, -0.2) is 4.79 Å². The number of hydrogen-bond donors (Lipinski definition) is 19. The first-order valence-electron chi connectivity index (χ1n) is 30.1.